The highest BCUT2D eigenvalue weighted by atomic mass is 19.1. The predicted octanol–water partition coefficient (Wildman–Crippen LogP) is 3.89. The van der Waals surface area contributed by atoms with Crippen LogP contribution in [0, 0.1) is 15.9 Å². The molecule has 0 amide bonds. The van der Waals surface area contributed by atoms with Gasteiger partial charge in [0.2, 0.25) is 0 Å². The largest absolute Gasteiger partial charge is 0.467 e. The van der Waals surface area contributed by atoms with E-state index in [1.807, 2.05) is 6.92 Å². The Kier molecular flexibility index (Phi) is 3.79. The lowest BCUT2D eigenvalue weighted by Crippen LogP contribution is -2.10. The molecule has 0 aliphatic heterocycles. The fourth-order valence-corrected chi connectivity index (χ4v) is 1.79. The first-order valence-corrected chi connectivity index (χ1v) is 5.85. The zero-order valence-corrected chi connectivity index (χ0v) is 10.3. The van der Waals surface area contributed by atoms with Crippen LogP contribution in [0.2, 0.25) is 0 Å². The van der Waals surface area contributed by atoms with Crippen molar-refractivity contribution in [3.8, 4) is 0 Å². The molecule has 1 aromatic heterocycles. The second kappa shape index (κ2) is 5.51. The summed E-state index contributed by atoms with van der Waals surface area (Å²) in [5.41, 5.74) is -0.0596. The Bertz CT molecular complexity index is 569. The minimum atomic E-state index is -0.557. The van der Waals surface area contributed by atoms with Gasteiger partial charge in [-0.15, -0.1) is 0 Å². The van der Waals surface area contributed by atoms with Gasteiger partial charge in [0, 0.05) is 12.1 Å². The van der Waals surface area contributed by atoms with Gasteiger partial charge >= 0.3 is 0 Å². The Morgan fingerprint density at radius 2 is 2.26 bits per heavy atom. The average Bonchev–Trinajstić information content (AvgIpc) is 2.91. The van der Waals surface area contributed by atoms with Gasteiger partial charge in [0.1, 0.15) is 11.6 Å². The molecule has 0 fully saturated rings. The Morgan fingerprint density at radius 3 is 2.84 bits per heavy atom. The van der Waals surface area contributed by atoms with Crippen LogP contribution in [0.4, 0.5) is 15.8 Å². The van der Waals surface area contributed by atoms with E-state index in [0.717, 1.165) is 12.1 Å². The molecule has 0 spiro atoms. The fraction of sp³-hybridized carbons (Fsp3) is 0.231. The van der Waals surface area contributed by atoms with Crippen molar-refractivity contribution in [2.45, 2.75) is 19.4 Å². The zero-order chi connectivity index (χ0) is 13.8. The molecule has 2 rings (SSSR count). The molecular formula is C13H13FN2O3. The van der Waals surface area contributed by atoms with E-state index in [0.29, 0.717) is 12.2 Å². The molecule has 2 aromatic rings. The van der Waals surface area contributed by atoms with Gasteiger partial charge in [0.05, 0.1) is 22.9 Å². The van der Waals surface area contributed by atoms with E-state index < -0.39 is 10.7 Å². The number of nitro benzene ring substituents is 1. The number of anilines is 1. The molecule has 1 atom stereocenters. The van der Waals surface area contributed by atoms with Crippen molar-refractivity contribution in [1.29, 1.82) is 0 Å². The minimum absolute atomic E-state index is 0.0949. The minimum Gasteiger partial charge on any atom is -0.467 e. The van der Waals surface area contributed by atoms with Crippen LogP contribution in [0.5, 0.6) is 0 Å². The van der Waals surface area contributed by atoms with Crippen LogP contribution in [0.15, 0.2) is 41.0 Å². The molecule has 0 aliphatic rings. The van der Waals surface area contributed by atoms with Crippen molar-refractivity contribution >= 4 is 11.4 Å². The highest BCUT2D eigenvalue weighted by molar-refractivity contribution is 5.53. The van der Waals surface area contributed by atoms with E-state index in [4.69, 9.17) is 4.42 Å². The molecule has 6 heteroatoms. The molecule has 100 valence electrons. The Hall–Kier alpha value is -2.37. The van der Waals surface area contributed by atoms with Crippen LogP contribution in [0.3, 0.4) is 0 Å². The summed E-state index contributed by atoms with van der Waals surface area (Å²) in [4.78, 5) is 10.1. The van der Waals surface area contributed by atoms with Gasteiger partial charge in [-0.25, -0.2) is 4.39 Å². The standard InChI is InChI=1S/C13H13FN2O3/c1-2-11(13-4-3-7-19-13)15-12-8-9(16(17)18)5-6-10(12)14/h3-8,11,15H,2H2,1H3. The monoisotopic (exact) mass is 264 g/mol. The van der Waals surface area contributed by atoms with E-state index in [2.05, 4.69) is 5.32 Å². The summed E-state index contributed by atoms with van der Waals surface area (Å²) in [5.74, 6) is 0.129. The molecule has 0 saturated heterocycles. The highest BCUT2D eigenvalue weighted by Crippen LogP contribution is 2.27. The summed E-state index contributed by atoms with van der Waals surface area (Å²) in [5, 5.41) is 13.6. The lowest BCUT2D eigenvalue weighted by molar-refractivity contribution is -0.384. The van der Waals surface area contributed by atoms with Gasteiger partial charge in [0.25, 0.3) is 5.69 Å². The van der Waals surface area contributed by atoms with Crippen LogP contribution >= 0.6 is 0 Å². The number of non-ortho nitro benzene ring substituents is 1. The summed E-state index contributed by atoms with van der Waals surface area (Å²) in [6, 6.07) is 6.68. The van der Waals surface area contributed by atoms with Crippen molar-refractivity contribution in [2.24, 2.45) is 0 Å². The van der Waals surface area contributed by atoms with E-state index >= 15 is 0 Å². The molecule has 0 bridgehead atoms. The van der Waals surface area contributed by atoms with Gasteiger partial charge in [-0.3, -0.25) is 10.1 Å². The van der Waals surface area contributed by atoms with Crippen LogP contribution < -0.4 is 5.32 Å². The first kappa shape index (κ1) is 13.1. The molecule has 19 heavy (non-hydrogen) atoms. The fourth-order valence-electron chi connectivity index (χ4n) is 1.79. The topological polar surface area (TPSA) is 68.3 Å². The summed E-state index contributed by atoms with van der Waals surface area (Å²) in [6.45, 7) is 1.91. The molecule has 5 nitrogen and oxygen atoms in total. The van der Waals surface area contributed by atoms with Crippen LogP contribution in [0.1, 0.15) is 25.1 Å². The van der Waals surface area contributed by atoms with Gasteiger partial charge in [-0.2, -0.15) is 0 Å². The predicted molar refractivity (Wildman–Crippen MR) is 68.4 cm³/mol. The van der Waals surface area contributed by atoms with Crippen LogP contribution in [-0.4, -0.2) is 4.92 Å². The molecule has 1 heterocycles. The van der Waals surface area contributed by atoms with Crippen molar-refractivity contribution in [2.75, 3.05) is 5.32 Å². The lowest BCUT2D eigenvalue weighted by Gasteiger charge is -2.16. The van der Waals surface area contributed by atoms with Crippen molar-refractivity contribution in [1.82, 2.24) is 0 Å². The number of benzene rings is 1. The summed E-state index contributed by atoms with van der Waals surface area (Å²) < 4.78 is 18.9. The third-order valence-corrected chi connectivity index (χ3v) is 2.79. The number of nitro groups is 1. The maximum Gasteiger partial charge on any atom is 0.271 e. The molecule has 0 aliphatic carbocycles. The Morgan fingerprint density at radius 1 is 1.47 bits per heavy atom. The third-order valence-electron chi connectivity index (χ3n) is 2.79. The van der Waals surface area contributed by atoms with Gasteiger partial charge in [-0.05, 0) is 24.6 Å². The maximum atomic E-state index is 13.7. The van der Waals surface area contributed by atoms with E-state index in [9.17, 15) is 14.5 Å². The van der Waals surface area contributed by atoms with E-state index in [1.54, 1.807) is 12.1 Å². The van der Waals surface area contributed by atoms with E-state index in [-0.39, 0.29) is 17.4 Å². The number of furan rings is 1. The Balaban J connectivity index is 2.26. The summed E-state index contributed by atoms with van der Waals surface area (Å²) in [6.07, 6.45) is 2.19. The number of rotatable bonds is 5. The number of nitrogens with zero attached hydrogens (tertiary/aromatic N) is 1. The average molecular weight is 264 g/mol. The number of hydrogen-bond acceptors (Lipinski definition) is 4. The molecule has 1 N–H and O–H groups in total. The summed E-state index contributed by atoms with van der Waals surface area (Å²) >= 11 is 0. The van der Waals surface area contributed by atoms with Crippen molar-refractivity contribution in [3.63, 3.8) is 0 Å². The van der Waals surface area contributed by atoms with E-state index in [1.165, 1.54) is 12.3 Å². The number of halogens is 1. The zero-order valence-electron chi connectivity index (χ0n) is 10.3. The molecule has 0 saturated carbocycles. The second-order valence-electron chi connectivity index (χ2n) is 4.04. The number of nitrogens with one attached hydrogen (secondary N) is 1. The summed E-state index contributed by atoms with van der Waals surface area (Å²) in [7, 11) is 0. The highest BCUT2D eigenvalue weighted by Gasteiger charge is 2.16. The van der Waals surface area contributed by atoms with Gasteiger partial charge < -0.3 is 9.73 Å². The van der Waals surface area contributed by atoms with Gasteiger partial charge in [0.15, 0.2) is 0 Å². The molecule has 0 radical (unpaired) electrons. The first-order chi connectivity index (χ1) is 9.11. The number of hydrogen-bond donors (Lipinski definition) is 1. The quantitative estimate of drug-likeness (QED) is 0.657. The maximum absolute atomic E-state index is 13.7. The third kappa shape index (κ3) is 2.90. The first-order valence-electron chi connectivity index (χ1n) is 5.85. The molecular weight excluding hydrogens is 251 g/mol. The lowest BCUT2D eigenvalue weighted by atomic mass is 10.1. The van der Waals surface area contributed by atoms with Crippen LogP contribution in [0.25, 0.3) is 0 Å². The smallest absolute Gasteiger partial charge is 0.271 e. The van der Waals surface area contributed by atoms with Gasteiger partial charge in [-0.1, -0.05) is 6.92 Å². The SMILES string of the molecule is CCC(Nc1cc([N+](=O)[O-])ccc1F)c1ccco1. The van der Waals surface area contributed by atoms with Crippen molar-refractivity contribution < 1.29 is 13.7 Å². The second-order valence-corrected chi connectivity index (χ2v) is 4.04. The van der Waals surface area contributed by atoms with Crippen molar-refractivity contribution in [3.05, 3.63) is 58.3 Å². The molecule has 1 aromatic carbocycles. The Labute approximate surface area is 109 Å². The normalized spacial score (nSPS) is 12.1. The molecule has 1 unspecified atom stereocenters. The van der Waals surface area contributed by atoms with Crippen LogP contribution in [-0.2, 0) is 0 Å².